The first-order valence-corrected chi connectivity index (χ1v) is 13.2. The Morgan fingerprint density at radius 2 is 1.92 bits per heavy atom. The topological polar surface area (TPSA) is 79.0 Å². The summed E-state index contributed by atoms with van der Waals surface area (Å²) in [5, 5.41) is 15.5. The second-order valence-electron chi connectivity index (χ2n) is 9.57. The zero-order valence-corrected chi connectivity index (χ0v) is 21.5. The number of hydrogen-bond donors (Lipinski definition) is 1. The van der Waals surface area contributed by atoms with E-state index in [9.17, 15) is 5.26 Å². The van der Waals surface area contributed by atoms with Crippen LogP contribution in [0.3, 0.4) is 0 Å². The third-order valence-electron chi connectivity index (χ3n) is 7.30. The largest absolute Gasteiger partial charge is 0.383 e. The van der Waals surface area contributed by atoms with Crippen molar-refractivity contribution in [3.63, 3.8) is 0 Å². The standard InChI is InChI=1S/C31H30N6O/c1-2-22-21-37(26-8-7-24(19-32)29(18-26)33-11-12-36-13-15-38-16-14-36)31-30(22)27(9-10-34-31)25-17-23-5-3-4-6-28(23)35-20-25/h3-10,17-18,20-21,33H,2,11-16H2,1H3. The lowest BCUT2D eigenvalue weighted by Gasteiger charge is -2.26. The predicted molar refractivity (Wildman–Crippen MR) is 152 cm³/mol. The number of nitrogens with zero attached hydrogens (tertiary/aromatic N) is 5. The Labute approximate surface area is 222 Å². The summed E-state index contributed by atoms with van der Waals surface area (Å²) in [4.78, 5) is 11.9. The van der Waals surface area contributed by atoms with Gasteiger partial charge >= 0.3 is 0 Å². The van der Waals surface area contributed by atoms with Crippen LogP contribution in [0.1, 0.15) is 18.1 Å². The van der Waals surface area contributed by atoms with Crippen molar-refractivity contribution < 1.29 is 4.74 Å². The van der Waals surface area contributed by atoms with E-state index in [0.717, 1.165) is 90.3 Å². The van der Waals surface area contributed by atoms with Crippen LogP contribution in [0.4, 0.5) is 5.69 Å². The summed E-state index contributed by atoms with van der Waals surface area (Å²) in [6, 6.07) is 20.7. The summed E-state index contributed by atoms with van der Waals surface area (Å²) >= 11 is 0. The number of aromatic nitrogens is 3. The van der Waals surface area contributed by atoms with E-state index in [1.54, 1.807) is 0 Å². The molecule has 1 aliphatic rings. The van der Waals surface area contributed by atoms with Gasteiger partial charge in [0.2, 0.25) is 0 Å². The molecule has 5 aromatic rings. The molecule has 0 spiro atoms. The van der Waals surface area contributed by atoms with Crippen molar-refractivity contribution >= 4 is 27.6 Å². The SMILES string of the molecule is CCc1cn(-c2ccc(C#N)c(NCCN3CCOCC3)c2)c2nccc(-c3cnc4ccccc4c3)c12. The van der Waals surface area contributed by atoms with E-state index in [2.05, 4.69) is 58.2 Å². The van der Waals surface area contributed by atoms with Gasteiger partial charge in [0.05, 0.1) is 30.0 Å². The van der Waals surface area contributed by atoms with Crippen molar-refractivity contribution in [3.05, 3.63) is 84.3 Å². The second kappa shape index (κ2) is 10.6. The molecule has 3 aromatic heterocycles. The molecule has 0 saturated carbocycles. The Morgan fingerprint density at radius 3 is 2.76 bits per heavy atom. The lowest BCUT2D eigenvalue weighted by atomic mass is 10.0. The average molecular weight is 503 g/mol. The van der Waals surface area contributed by atoms with Crippen molar-refractivity contribution in [2.45, 2.75) is 13.3 Å². The third-order valence-corrected chi connectivity index (χ3v) is 7.30. The van der Waals surface area contributed by atoms with Crippen molar-refractivity contribution in [2.75, 3.05) is 44.7 Å². The Bertz CT molecular complexity index is 1640. The summed E-state index contributed by atoms with van der Waals surface area (Å²) in [6.45, 7) is 7.31. The van der Waals surface area contributed by atoms with E-state index in [-0.39, 0.29) is 0 Å². The van der Waals surface area contributed by atoms with Gasteiger partial charge in [0.25, 0.3) is 0 Å². The number of hydrogen-bond acceptors (Lipinski definition) is 6. The third kappa shape index (κ3) is 4.60. The number of aryl methyl sites for hydroxylation is 1. The van der Waals surface area contributed by atoms with E-state index in [1.807, 2.05) is 42.7 Å². The summed E-state index contributed by atoms with van der Waals surface area (Å²) in [7, 11) is 0. The Balaban J connectivity index is 1.37. The lowest BCUT2D eigenvalue weighted by molar-refractivity contribution is 0.0398. The second-order valence-corrected chi connectivity index (χ2v) is 9.57. The van der Waals surface area contributed by atoms with E-state index >= 15 is 0 Å². The van der Waals surface area contributed by atoms with Crippen molar-refractivity contribution in [1.29, 1.82) is 5.26 Å². The van der Waals surface area contributed by atoms with Gasteiger partial charge in [-0.2, -0.15) is 5.26 Å². The molecular weight excluding hydrogens is 472 g/mol. The molecule has 0 radical (unpaired) electrons. The summed E-state index contributed by atoms with van der Waals surface area (Å²) in [5.41, 5.74) is 7.77. The molecule has 7 nitrogen and oxygen atoms in total. The molecule has 7 heteroatoms. The van der Waals surface area contributed by atoms with E-state index in [0.29, 0.717) is 5.56 Å². The fourth-order valence-electron chi connectivity index (χ4n) is 5.25. The van der Waals surface area contributed by atoms with Gasteiger partial charge in [0, 0.05) is 66.8 Å². The number of fused-ring (bicyclic) bond motifs is 2. The monoisotopic (exact) mass is 502 g/mol. The molecule has 0 atom stereocenters. The number of ether oxygens (including phenoxy) is 1. The van der Waals surface area contributed by atoms with Gasteiger partial charge < -0.3 is 14.6 Å². The fourth-order valence-corrected chi connectivity index (χ4v) is 5.25. The molecule has 38 heavy (non-hydrogen) atoms. The fraction of sp³-hybridized carbons (Fsp3) is 0.258. The zero-order chi connectivity index (χ0) is 25.9. The number of rotatable bonds is 7. The highest BCUT2D eigenvalue weighted by Gasteiger charge is 2.17. The molecule has 1 N–H and O–H groups in total. The Hall–Kier alpha value is -4.25. The maximum atomic E-state index is 9.74. The van der Waals surface area contributed by atoms with Crippen LogP contribution in [0.5, 0.6) is 0 Å². The number of nitriles is 1. The highest BCUT2D eigenvalue weighted by molar-refractivity contribution is 5.98. The molecule has 1 aliphatic heterocycles. The number of morpholine rings is 1. The van der Waals surface area contributed by atoms with Gasteiger partial charge in [-0.15, -0.1) is 0 Å². The average Bonchev–Trinajstić information content (AvgIpc) is 3.36. The van der Waals surface area contributed by atoms with Crippen LogP contribution in [0, 0.1) is 11.3 Å². The molecule has 0 bridgehead atoms. The first kappa shape index (κ1) is 24.1. The van der Waals surface area contributed by atoms with Crippen LogP contribution in [-0.2, 0) is 11.2 Å². The number of benzene rings is 2. The van der Waals surface area contributed by atoms with Crippen LogP contribution < -0.4 is 5.32 Å². The normalized spacial score (nSPS) is 14.1. The number of anilines is 1. The Kier molecular flexibility index (Phi) is 6.74. The van der Waals surface area contributed by atoms with Crippen LogP contribution in [-0.4, -0.2) is 58.8 Å². The number of para-hydroxylation sites is 1. The lowest BCUT2D eigenvalue weighted by Crippen LogP contribution is -2.39. The Morgan fingerprint density at radius 1 is 1.05 bits per heavy atom. The van der Waals surface area contributed by atoms with Gasteiger partial charge in [-0.25, -0.2) is 4.98 Å². The molecule has 2 aromatic carbocycles. The minimum absolute atomic E-state index is 0.638. The predicted octanol–water partition coefficient (Wildman–Crippen LogP) is 5.42. The first-order chi connectivity index (χ1) is 18.7. The molecule has 1 saturated heterocycles. The highest BCUT2D eigenvalue weighted by atomic mass is 16.5. The van der Waals surface area contributed by atoms with Gasteiger partial charge in [0.15, 0.2) is 0 Å². The maximum absolute atomic E-state index is 9.74. The van der Waals surface area contributed by atoms with Crippen molar-refractivity contribution in [1.82, 2.24) is 19.4 Å². The van der Waals surface area contributed by atoms with Crippen LogP contribution in [0.15, 0.2) is 73.2 Å². The minimum atomic E-state index is 0.638. The minimum Gasteiger partial charge on any atom is -0.383 e. The highest BCUT2D eigenvalue weighted by Crippen LogP contribution is 2.34. The van der Waals surface area contributed by atoms with Gasteiger partial charge in [-0.1, -0.05) is 25.1 Å². The van der Waals surface area contributed by atoms with E-state index in [1.165, 1.54) is 5.56 Å². The molecule has 1 fully saturated rings. The van der Waals surface area contributed by atoms with Gasteiger partial charge in [0.1, 0.15) is 11.7 Å². The molecule has 6 rings (SSSR count). The molecule has 0 unspecified atom stereocenters. The van der Waals surface area contributed by atoms with Crippen LogP contribution in [0.2, 0.25) is 0 Å². The molecular formula is C31H30N6O. The van der Waals surface area contributed by atoms with Gasteiger partial charge in [-0.3, -0.25) is 9.88 Å². The maximum Gasteiger partial charge on any atom is 0.145 e. The van der Waals surface area contributed by atoms with E-state index in [4.69, 9.17) is 14.7 Å². The number of nitrogens with one attached hydrogen (secondary N) is 1. The van der Waals surface area contributed by atoms with Crippen LogP contribution in [0.25, 0.3) is 38.8 Å². The van der Waals surface area contributed by atoms with Gasteiger partial charge in [-0.05, 0) is 53.9 Å². The smallest absolute Gasteiger partial charge is 0.145 e. The van der Waals surface area contributed by atoms with Crippen molar-refractivity contribution in [2.24, 2.45) is 0 Å². The summed E-state index contributed by atoms with van der Waals surface area (Å²) in [5.74, 6) is 0. The summed E-state index contributed by atoms with van der Waals surface area (Å²) in [6.07, 6.45) is 6.87. The number of pyridine rings is 2. The summed E-state index contributed by atoms with van der Waals surface area (Å²) < 4.78 is 7.59. The molecule has 4 heterocycles. The molecule has 0 aliphatic carbocycles. The van der Waals surface area contributed by atoms with E-state index < -0.39 is 0 Å². The molecule has 190 valence electrons. The quantitative estimate of drug-likeness (QED) is 0.320. The van der Waals surface area contributed by atoms with Crippen LogP contribution >= 0.6 is 0 Å². The zero-order valence-electron chi connectivity index (χ0n) is 21.5. The van der Waals surface area contributed by atoms with Crippen molar-refractivity contribution in [3.8, 4) is 22.9 Å². The first-order valence-electron chi connectivity index (χ1n) is 13.2. The molecule has 0 amide bonds.